The van der Waals surface area contributed by atoms with Crippen molar-refractivity contribution in [2.75, 3.05) is 7.11 Å². The first-order chi connectivity index (χ1) is 12.8. The van der Waals surface area contributed by atoms with E-state index in [4.69, 9.17) is 4.74 Å². The second kappa shape index (κ2) is 7.08. The number of halogens is 4. The van der Waals surface area contributed by atoms with Gasteiger partial charge < -0.3 is 4.74 Å². The van der Waals surface area contributed by atoms with Crippen LogP contribution in [0.4, 0.5) is 17.6 Å². The molecule has 0 aliphatic heterocycles. The molecule has 0 saturated carbocycles. The highest BCUT2D eigenvalue weighted by Crippen LogP contribution is 2.38. The van der Waals surface area contributed by atoms with Crippen molar-refractivity contribution in [3.05, 3.63) is 71.5 Å². The molecular formula is C20H12F4N2O. The lowest BCUT2D eigenvalue weighted by atomic mass is 9.98. The van der Waals surface area contributed by atoms with Crippen molar-refractivity contribution in [2.24, 2.45) is 0 Å². The maximum atomic E-state index is 13.6. The van der Waals surface area contributed by atoms with Gasteiger partial charge in [-0.15, -0.1) is 0 Å². The zero-order chi connectivity index (χ0) is 19.6. The summed E-state index contributed by atoms with van der Waals surface area (Å²) in [6, 6.07) is 13.5. The highest BCUT2D eigenvalue weighted by atomic mass is 19.4. The van der Waals surface area contributed by atoms with Gasteiger partial charge in [-0.1, -0.05) is 0 Å². The molecule has 0 aliphatic carbocycles. The SMILES string of the molecule is COc1ccc(-c2cc(C(F)(F)F)c(C#N)c(-c3ccc(F)cc3)n2)cc1. The van der Waals surface area contributed by atoms with E-state index in [1.54, 1.807) is 30.3 Å². The summed E-state index contributed by atoms with van der Waals surface area (Å²) in [6.07, 6.45) is -4.75. The van der Waals surface area contributed by atoms with Crippen molar-refractivity contribution in [1.82, 2.24) is 4.98 Å². The Labute approximate surface area is 152 Å². The van der Waals surface area contributed by atoms with Gasteiger partial charge in [-0.25, -0.2) is 9.37 Å². The van der Waals surface area contributed by atoms with Crippen LogP contribution >= 0.6 is 0 Å². The van der Waals surface area contributed by atoms with E-state index in [-0.39, 0.29) is 17.0 Å². The van der Waals surface area contributed by atoms with Crippen LogP contribution in [0.1, 0.15) is 11.1 Å². The van der Waals surface area contributed by atoms with Gasteiger partial charge in [0.25, 0.3) is 0 Å². The normalized spacial score (nSPS) is 11.1. The van der Waals surface area contributed by atoms with E-state index in [2.05, 4.69) is 4.98 Å². The van der Waals surface area contributed by atoms with E-state index in [9.17, 15) is 22.8 Å². The summed E-state index contributed by atoms with van der Waals surface area (Å²) in [5.74, 6) is 0.00168. The number of rotatable bonds is 3. The molecule has 0 spiro atoms. The quantitative estimate of drug-likeness (QED) is 0.574. The standard InChI is InChI=1S/C20H12F4N2O/c1-27-15-8-4-12(5-9-15)18-10-17(20(22,23)24)16(11-25)19(26-18)13-2-6-14(21)7-3-13/h2-10H,1H3. The zero-order valence-electron chi connectivity index (χ0n) is 14.0. The van der Waals surface area contributed by atoms with Crippen LogP contribution in [0, 0.1) is 17.1 Å². The van der Waals surface area contributed by atoms with Gasteiger partial charge in [-0.05, 0) is 54.6 Å². The van der Waals surface area contributed by atoms with Crippen LogP contribution in [0.2, 0.25) is 0 Å². The first kappa shape index (κ1) is 18.4. The first-order valence-electron chi connectivity index (χ1n) is 7.76. The fourth-order valence-corrected chi connectivity index (χ4v) is 2.61. The molecule has 3 aromatic rings. The monoisotopic (exact) mass is 372 g/mol. The summed E-state index contributed by atoms with van der Waals surface area (Å²) in [6.45, 7) is 0. The maximum absolute atomic E-state index is 13.6. The molecule has 0 amide bonds. The second-order valence-electron chi connectivity index (χ2n) is 5.62. The molecule has 2 aromatic carbocycles. The first-order valence-corrected chi connectivity index (χ1v) is 7.76. The number of hydrogen-bond acceptors (Lipinski definition) is 3. The fourth-order valence-electron chi connectivity index (χ4n) is 2.61. The van der Waals surface area contributed by atoms with E-state index in [0.717, 1.165) is 18.2 Å². The Morgan fingerprint density at radius 2 is 1.56 bits per heavy atom. The van der Waals surface area contributed by atoms with E-state index < -0.39 is 23.1 Å². The van der Waals surface area contributed by atoms with Crippen molar-refractivity contribution in [2.45, 2.75) is 6.18 Å². The molecule has 136 valence electrons. The van der Waals surface area contributed by atoms with Gasteiger partial charge in [0.15, 0.2) is 0 Å². The smallest absolute Gasteiger partial charge is 0.417 e. The average Bonchev–Trinajstić information content (AvgIpc) is 2.67. The number of aromatic nitrogens is 1. The van der Waals surface area contributed by atoms with Gasteiger partial charge >= 0.3 is 6.18 Å². The zero-order valence-corrected chi connectivity index (χ0v) is 14.0. The number of nitriles is 1. The molecule has 0 atom stereocenters. The second-order valence-corrected chi connectivity index (χ2v) is 5.62. The molecule has 0 radical (unpaired) electrons. The highest BCUT2D eigenvalue weighted by Gasteiger charge is 2.36. The van der Waals surface area contributed by atoms with Crippen LogP contribution in [-0.2, 0) is 6.18 Å². The van der Waals surface area contributed by atoms with Crippen LogP contribution in [0.5, 0.6) is 5.75 Å². The summed E-state index contributed by atoms with van der Waals surface area (Å²) in [4.78, 5) is 4.26. The Hall–Kier alpha value is -3.40. The van der Waals surface area contributed by atoms with E-state index in [0.29, 0.717) is 11.3 Å². The predicted octanol–water partition coefficient (Wildman–Crippen LogP) is 5.45. The van der Waals surface area contributed by atoms with Crippen LogP contribution in [0.15, 0.2) is 54.6 Å². The molecule has 0 bridgehead atoms. The van der Waals surface area contributed by atoms with Crippen LogP contribution in [0.25, 0.3) is 22.5 Å². The van der Waals surface area contributed by atoms with Gasteiger partial charge in [-0.2, -0.15) is 18.4 Å². The molecule has 0 unspecified atom stereocenters. The number of hydrogen-bond donors (Lipinski definition) is 0. The Morgan fingerprint density at radius 3 is 2.07 bits per heavy atom. The Balaban J connectivity index is 2.27. The number of nitrogens with zero attached hydrogens (tertiary/aromatic N) is 2. The lowest BCUT2D eigenvalue weighted by Crippen LogP contribution is -2.10. The van der Waals surface area contributed by atoms with Gasteiger partial charge in [-0.3, -0.25) is 0 Å². The van der Waals surface area contributed by atoms with Crippen molar-refractivity contribution >= 4 is 0 Å². The molecule has 0 fully saturated rings. The molecule has 0 N–H and O–H groups in total. The Kier molecular flexibility index (Phi) is 4.82. The van der Waals surface area contributed by atoms with E-state index in [1.807, 2.05) is 0 Å². The molecule has 3 rings (SSSR count). The minimum atomic E-state index is -4.75. The summed E-state index contributed by atoms with van der Waals surface area (Å²) in [5, 5.41) is 9.33. The minimum Gasteiger partial charge on any atom is -0.497 e. The van der Waals surface area contributed by atoms with Gasteiger partial charge in [0, 0.05) is 11.1 Å². The lowest BCUT2D eigenvalue weighted by molar-refractivity contribution is -0.137. The topological polar surface area (TPSA) is 45.9 Å². The molecule has 1 heterocycles. The lowest BCUT2D eigenvalue weighted by Gasteiger charge is -2.15. The molecule has 27 heavy (non-hydrogen) atoms. The Morgan fingerprint density at radius 1 is 0.963 bits per heavy atom. The van der Waals surface area contributed by atoms with Crippen molar-refractivity contribution in [3.63, 3.8) is 0 Å². The van der Waals surface area contributed by atoms with Crippen LogP contribution in [0.3, 0.4) is 0 Å². The number of alkyl halides is 3. The van der Waals surface area contributed by atoms with Gasteiger partial charge in [0.2, 0.25) is 0 Å². The number of ether oxygens (including phenoxy) is 1. The summed E-state index contributed by atoms with van der Waals surface area (Å²) >= 11 is 0. The van der Waals surface area contributed by atoms with Gasteiger partial charge in [0.05, 0.1) is 29.6 Å². The third-order valence-electron chi connectivity index (χ3n) is 3.94. The molecule has 0 aliphatic rings. The fraction of sp³-hybridized carbons (Fsp3) is 0.100. The van der Waals surface area contributed by atoms with Gasteiger partial charge in [0.1, 0.15) is 17.6 Å². The van der Waals surface area contributed by atoms with Crippen LogP contribution < -0.4 is 4.74 Å². The third-order valence-corrected chi connectivity index (χ3v) is 3.94. The summed E-state index contributed by atoms with van der Waals surface area (Å²) in [5.41, 5.74) is -1.17. The molecule has 7 heteroatoms. The molecule has 3 nitrogen and oxygen atoms in total. The highest BCUT2D eigenvalue weighted by molar-refractivity contribution is 5.74. The predicted molar refractivity (Wildman–Crippen MR) is 91.3 cm³/mol. The summed E-state index contributed by atoms with van der Waals surface area (Å²) < 4.78 is 58.9. The van der Waals surface area contributed by atoms with Crippen molar-refractivity contribution in [3.8, 4) is 34.3 Å². The average molecular weight is 372 g/mol. The minimum absolute atomic E-state index is 0.0447. The van der Waals surface area contributed by atoms with E-state index >= 15 is 0 Å². The number of pyridine rings is 1. The van der Waals surface area contributed by atoms with E-state index in [1.165, 1.54) is 19.2 Å². The third kappa shape index (κ3) is 3.75. The number of methoxy groups -OCH3 is 1. The largest absolute Gasteiger partial charge is 0.497 e. The van der Waals surface area contributed by atoms with Crippen molar-refractivity contribution in [1.29, 1.82) is 5.26 Å². The summed E-state index contributed by atoms with van der Waals surface area (Å²) in [7, 11) is 1.48. The molecule has 0 saturated heterocycles. The maximum Gasteiger partial charge on any atom is 0.417 e. The van der Waals surface area contributed by atoms with Crippen molar-refractivity contribution < 1.29 is 22.3 Å². The molecular weight excluding hydrogens is 360 g/mol. The number of benzene rings is 2. The van der Waals surface area contributed by atoms with Crippen LogP contribution in [-0.4, -0.2) is 12.1 Å². The molecule has 1 aromatic heterocycles. The Bertz CT molecular complexity index is 1000.